The van der Waals surface area contributed by atoms with Crippen molar-refractivity contribution in [3.05, 3.63) is 71.9 Å². The summed E-state index contributed by atoms with van der Waals surface area (Å²) in [6.45, 7) is 1.03. The summed E-state index contributed by atoms with van der Waals surface area (Å²) in [5, 5.41) is 4.44. The van der Waals surface area contributed by atoms with Crippen LogP contribution in [0.5, 0.6) is 0 Å². The van der Waals surface area contributed by atoms with E-state index in [-0.39, 0.29) is 11.9 Å². The molecule has 138 valence electrons. The number of fused-ring (bicyclic) bond motifs is 3. The largest absolute Gasteiger partial charge is 0.361 e. The zero-order chi connectivity index (χ0) is 18.2. The Hall–Kier alpha value is -2.59. The van der Waals surface area contributed by atoms with E-state index in [2.05, 4.69) is 45.5 Å². The highest BCUT2D eigenvalue weighted by Gasteiger charge is 2.40. The van der Waals surface area contributed by atoms with E-state index >= 15 is 0 Å². The Morgan fingerprint density at radius 1 is 1.04 bits per heavy atom. The number of rotatable bonds is 4. The molecule has 0 radical (unpaired) electrons. The normalized spacial score (nSPS) is 25.0. The number of carbonyl (C=O) groups is 1. The SMILES string of the molecule is O=C(NC1C[C@H]2CC[C@@H](C1)N2Cc1ccccc1)c1ccc2cc[nH]c2c1. The number of nitrogens with zero attached hydrogens (tertiary/aromatic N) is 1. The Morgan fingerprint density at radius 3 is 2.59 bits per heavy atom. The predicted molar refractivity (Wildman–Crippen MR) is 108 cm³/mol. The molecule has 2 aliphatic heterocycles. The maximum atomic E-state index is 12.7. The molecule has 2 saturated heterocycles. The lowest BCUT2D eigenvalue weighted by molar-refractivity contribution is 0.0828. The molecule has 27 heavy (non-hydrogen) atoms. The molecule has 4 heteroatoms. The van der Waals surface area contributed by atoms with Crippen LogP contribution in [0.25, 0.3) is 10.9 Å². The summed E-state index contributed by atoms with van der Waals surface area (Å²) < 4.78 is 0. The van der Waals surface area contributed by atoms with Crippen molar-refractivity contribution < 1.29 is 4.79 Å². The van der Waals surface area contributed by atoms with Gasteiger partial charge in [-0.3, -0.25) is 9.69 Å². The Kier molecular flexibility index (Phi) is 4.21. The summed E-state index contributed by atoms with van der Waals surface area (Å²) in [7, 11) is 0. The molecule has 0 aliphatic carbocycles. The van der Waals surface area contributed by atoms with E-state index in [1.807, 2.05) is 30.5 Å². The molecule has 2 bridgehead atoms. The average molecular weight is 359 g/mol. The van der Waals surface area contributed by atoms with Crippen molar-refractivity contribution in [2.75, 3.05) is 0 Å². The van der Waals surface area contributed by atoms with Gasteiger partial charge in [-0.05, 0) is 54.8 Å². The molecule has 4 nitrogen and oxygen atoms in total. The second-order valence-corrected chi connectivity index (χ2v) is 7.96. The van der Waals surface area contributed by atoms with E-state index in [9.17, 15) is 4.79 Å². The smallest absolute Gasteiger partial charge is 0.251 e. The van der Waals surface area contributed by atoms with Crippen LogP contribution in [0.4, 0.5) is 0 Å². The summed E-state index contributed by atoms with van der Waals surface area (Å²) in [6, 6.07) is 20.1. The van der Waals surface area contributed by atoms with E-state index in [1.54, 1.807) is 0 Å². The molecule has 3 atom stereocenters. The maximum Gasteiger partial charge on any atom is 0.251 e. The number of piperidine rings is 1. The molecular formula is C23H25N3O. The van der Waals surface area contributed by atoms with Gasteiger partial charge in [0, 0.05) is 41.9 Å². The number of aromatic nitrogens is 1. The number of carbonyl (C=O) groups excluding carboxylic acids is 1. The minimum atomic E-state index is 0.0485. The van der Waals surface area contributed by atoms with Crippen LogP contribution in [0.15, 0.2) is 60.8 Å². The van der Waals surface area contributed by atoms with Crippen molar-refractivity contribution in [2.24, 2.45) is 0 Å². The third-order valence-corrected chi connectivity index (χ3v) is 6.24. The lowest BCUT2D eigenvalue weighted by Gasteiger charge is -2.39. The lowest BCUT2D eigenvalue weighted by atomic mass is 9.96. The first-order valence-electron chi connectivity index (χ1n) is 9.94. The van der Waals surface area contributed by atoms with Gasteiger partial charge in [0.1, 0.15) is 0 Å². The number of amides is 1. The van der Waals surface area contributed by atoms with Crippen molar-refractivity contribution in [3.63, 3.8) is 0 Å². The summed E-state index contributed by atoms with van der Waals surface area (Å²) in [4.78, 5) is 18.6. The Bertz CT molecular complexity index is 934. The van der Waals surface area contributed by atoms with Crippen LogP contribution in [0.1, 0.15) is 41.6 Å². The molecule has 2 aromatic carbocycles. The second kappa shape index (κ2) is 6.86. The van der Waals surface area contributed by atoms with Gasteiger partial charge in [-0.2, -0.15) is 0 Å². The second-order valence-electron chi connectivity index (χ2n) is 7.96. The topological polar surface area (TPSA) is 48.1 Å². The monoisotopic (exact) mass is 359 g/mol. The lowest BCUT2D eigenvalue weighted by Crippen LogP contribution is -2.49. The molecule has 3 heterocycles. The standard InChI is InChI=1S/C23H25N3O/c27-23(18-7-6-17-10-11-24-22(17)12-18)25-19-13-20-8-9-21(14-19)26(20)15-16-4-2-1-3-5-16/h1-7,10-12,19-21,24H,8-9,13-15H2,(H,25,27)/t19?,20-,21+. The number of hydrogen-bond donors (Lipinski definition) is 2. The molecule has 0 saturated carbocycles. The quantitative estimate of drug-likeness (QED) is 0.737. The van der Waals surface area contributed by atoms with Crippen molar-refractivity contribution in [2.45, 2.75) is 50.4 Å². The summed E-state index contributed by atoms with van der Waals surface area (Å²) in [5.74, 6) is 0.0485. The van der Waals surface area contributed by atoms with Crippen molar-refractivity contribution >= 4 is 16.8 Å². The van der Waals surface area contributed by atoms with Crippen LogP contribution < -0.4 is 5.32 Å². The highest BCUT2D eigenvalue weighted by Crippen LogP contribution is 2.37. The number of aromatic amines is 1. The van der Waals surface area contributed by atoms with Gasteiger partial charge in [0.25, 0.3) is 5.91 Å². The first-order valence-corrected chi connectivity index (χ1v) is 9.94. The fraction of sp³-hybridized carbons (Fsp3) is 0.348. The maximum absolute atomic E-state index is 12.7. The Labute approximate surface area is 159 Å². The van der Waals surface area contributed by atoms with Crippen LogP contribution >= 0.6 is 0 Å². The highest BCUT2D eigenvalue weighted by atomic mass is 16.1. The molecule has 2 N–H and O–H groups in total. The first-order chi connectivity index (χ1) is 13.3. The molecular weight excluding hydrogens is 334 g/mol. The highest BCUT2D eigenvalue weighted by molar-refractivity contribution is 5.98. The van der Waals surface area contributed by atoms with Crippen LogP contribution in [0.3, 0.4) is 0 Å². The van der Waals surface area contributed by atoms with E-state index in [0.717, 1.165) is 35.9 Å². The predicted octanol–water partition coefficient (Wildman–Crippen LogP) is 4.09. The van der Waals surface area contributed by atoms with Crippen LogP contribution in [-0.4, -0.2) is 33.9 Å². The van der Waals surface area contributed by atoms with Gasteiger partial charge < -0.3 is 10.3 Å². The third-order valence-electron chi connectivity index (χ3n) is 6.24. The van der Waals surface area contributed by atoms with Gasteiger partial charge in [-0.1, -0.05) is 36.4 Å². The Balaban J connectivity index is 1.25. The molecule has 1 aromatic heterocycles. The van der Waals surface area contributed by atoms with Gasteiger partial charge in [-0.15, -0.1) is 0 Å². The molecule has 2 fully saturated rings. The van der Waals surface area contributed by atoms with Gasteiger partial charge in [0.15, 0.2) is 0 Å². The zero-order valence-corrected chi connectivity index (χ0v) is 15.4. The number of H-pyrrole nitrogens is 1. The summed E-state index contributed by atoms with van der Waals surface area (Å²) in [5.41, 5.74) is 3.14. The third kappa shape index (κ3) is 3.26. The summed E-state index contributed by atoms with van der Waals surface area (Å²) >= 11 is 0. The Morgan fingerprint density at radius 2 is 1.81 bits per heavy atom. The van der Waals surface area contributed by atoms with Gasteiger partial charge in [0.05, 0.1) is 0 Å². The first kappa shape index (κ1) is 16.6. The van der Waals surface area contributed by atoms with Crippen molar-refractivity contribution in [1.82, 2.24) is 15.2 Å². The minimum absolute atomic E-state index is 0.0485. The van der Waals surface area contributed by atoms with Crippen LogP contribution in [0, 0.1) is 0 Å². The van der Waals surface area contributed by atoms with Crippen LogP contribution in [0.2, 0.25) is 0 Å². The van der Waals surface area contributed by atoms with Crippen LogP contribution in [-0.2, 0) is 6.54 Å². The van der Waals surface area contributed by atoms with E-state index < -0.39 is 0 Å². The van der Waals surface area contributed by atoms with E-state index in [0.29, 0.717) is 12.1 Å². The van der Waals surface area contributed by atoms with Gasteiger partial charge >= 0.3 is 0 Å². The molecule has 5 rings (SSSR count). The average Bonchev–Trinajstić information content (AvgIpc) is 3.24. The molecule has 2 aliphatic rings. The molecule has 1 unspecified atom stereocenters. The van der Waals surface area contributed by atoms with Gasteiger partial charge in [0.2, 0.25) is 0 Å². The fourth-order valence-electron chi connectivity index (χ4n) is 4.90. The van der Waals surface area contributed by atoms with E-state index in [4.69, 9.17) is 0 Å². The summed E-state index contributed by atoms with van der Waals surface area (Å²) in [6.07, 6.45) is 6.52. The number of benzene rings is 2. The number of hydrogen-bond acceptors (Lipinski definition) is 2. The molecule has 0 spiro atoms. The molecule has 3 aromatic rings. The number of nitrogens with one attached hydrogen (secondary N) is 2. The fourth-order valence-corrected chi connectivity index (χ4v) is 4.90. The zero-order valence-electron chi connectivity index (χ0n) is 15.4. The van der Waals surface area contributed by atoms with Crippen molar-refractivity contribution in [3.8, 4) is 0 Å². The van der Waals surface area contributed by atoms with E-state index in [1.165, 1.54) is 18.4 Å². The molecule has 1 amide bonds. The van der Waals surface area contributed by atoms with Gasteiger partial charge in [-0.25, -0.2) is 0 Å². The minimum Gasteiger partial charge on any atom is -0.361 e. The van der Waals surface area contributed by atoms with Crippen molar-refractivity contribution in [1.29, 1.82) is 0 Å².